The average Bonchev–Trinajstić information content (AvgIpc) is 4.26. The molecule has 2 amide bonds. The Morgan fingerprint density at radius 3 is 1.49 bits per heavy atom. The van der Waals surface area contributed by atoms with Crippen LogP contribution in [0.15, 0.2) is 121 Å². The third-order valence-corrected chi connectivity index (χ3v) is 16.8. The van der Waals surface area contributed by atoms with Crippen molar-refractivity contribution in [2.45, 2.75) is 69.5 Å². The highest BCUT2D eigenvalue weighted by molar-refractivity contribution is 6.33. The summed E-state index contributed by atoms with van der Waals surface area (Å²) in [5.41, 5.74) is 13.8. The van der Waals surface area contributed by atoms with Gasteiger partial charge in [0.15, 0.2) is 11.6 Å². The standard InChI is InChI=1S/C33H25N3O3.C25H17N3O2/c1-39-20-12-10-18(11-13-20)16-34-17-23-28-21-6-2-4-8-24(21)35-19-14-26(27(37)15-19)36-25-9-5-3-7-22(25)29(30(23)33(34)38)32(36)31(28)35;29-19-10-12-9-18(19)28-17-8-4-2-6-14(17)21-22-15(11-26-25(22)30)20-13-5-1-3-7-16(13)27(12)23(20)24(21)28/h2-13,19,26H,14-17H2,1H3;1-8,12,18H,9-11H2,(H,26,30)/t19-,26+;12-,18+/m00/s1. The van der Waals surface area contributed by atoms with Crippen LogP contribution in [-0.2, 0) is 29.2 Å². The third kappa shape index (κ3) is 4.59. The Kier molecular flexibility index (Phi) is 7.17. The minimum absolute atomic E-state index is 0.00707. The molecule has 17 rings (SSSR count). The second-order valence-corrected chi connectivity index (χ2v) is 20.0. The van der Waals surface area contributed by atoms with E-state index in [1.807, 2.05) is 53.4 Å². The maximum atomic E-state index is 14.3. The van der Waals surface area contributed by atoms with Crippen molar-refractivity contribution >= 4 is 111 Å². The van der Waals surface area contributed by atoms with E-state index in [4.69, 9.17) is 4.74 Å². The van der Waals surface area contributed by atoms with Gasteiger partial charge in [0.1, 0.15) is 5.75 Å². The van der Waals surface area contributed by atoms with E-state index < -0.39 is 0 Å². The van der Waals surface area contributed by atoms with Gasteiger partial charge in [-0.1, -0.05) is 84.9 Å². The van der Waals surface area contributed by atoms with Crippen LogP contribution in [0.1, 0.15) is 87.3 Å². The Morgan fingerprint density at radius 2 is 0.971 bits per heavy atom. The first-order chi connectivity index (χ1) is 33.9. The quantitative estimate of drug-likeness (QED) is 0.190. The summed E-state index contributed by atoms with van der Waals surface area (Å²) in [6.45, 7) is 1.65. The van der Waals surface area contributed by atoms with E-state index >= 15 is 0 Å². The highest BCUT2D eigenvalue weighted by Gasteiger charge is 2.46. The summed E-state index contributed by atoms with van der Waals surface area (Å²) in [7, 11) is 1.66. The number of Topliss-reactive ketones (excluding diaryl/α,β-unsaturated/α-hetero) is 2. The Labute approximate surface area is 393 Å². The lowest BCUT2D eigenvalue weighted by Crippen LogP contribution is -2.23. The van der Waals surface area contributed by atoms with Crippen molar-refractivity contribution in [3.05, 3.63) is 149 Å². The molecule has 2 saturated carbocycles. The summed E-state index contributed by atoms with van der Waals surface area (Å²) in [5, 5.41) is 11.9. The molecule has 4 atom stereocenters. The van der Waals surface area contributed by atoms with Crippen LogP contribution in [0.2, 0.25) is 0 Å². The molecule has 4 bridgehead atoms. The van der Waals surface area contributed by atoms with Gasteiger partial charge in [-0.2, -0.15) is 0 Å². The molecule has 1 N–H and O–H groups in total. The van der Waals surface area contributed by atoms with Gasteiger partial charge in [0.05, 0.1) is 52.4 Å². The molecule has 4 aliphatic heterocycles. The number of amides is 2. The SMILES string of the molecule is COc1ccc(CN2Cc3c(c4c5ccccc5n5c4c4c3c3ccccc3n4[C@@H]3CC(=O)[C@H]5C3)C2=O)cc1.O=C1NCc2c1c1c3ccccc3n3c1c1c2c2ccccc2n1[C@@H]1CC(=O)[C@H]3C1. The van der Waals surface area contributed by atoms with E-state index in [1.54, 1.807) is 7.11 Å². The molecule has 7 aromatic carbocycles. The minimum Gasteiger partial charge on any atom is -0.497 e. The minimum atomic E-state index is -0.204. The monoisotopic (exact) mass is 902 g/mol. The topological polar surface area (TPSA) is 112 Å². The highest BCUT2D eigenvalue weighted by Crippen LogP contribution is 2.55. The van der Waals surface area contributed by atoms with E-state index in [0.29, 0.717) is 38.3 Å². The number of hydrogen-bond donors (Lipinski definition) is 1. The number of ketones is 2. The van der Waals surface area contributed by atoms with Crippen molar-refractivity contribution in [3.8, 4) is 5.75 Å². The van der Waals surface area contributed by atoms with Gasteiger partial charge < -0.3 is 33.2 Å². The van der Waals surface area contributed by atoms with Crippen LogP contribution in [0, 0.1) is 0 Å². The van der Waals surface area contributed by atoms with Crippen molar-refractivity contribution in [1.29, 1.82) is 0 Å². The lowest BCUT2D eigenvalue weighted by atomic mass is 9.97. The molecule has 8 heterocycles. The number of benzene rings is 7. The second-order valence-electron chi connectivity index (χ2n) is 20.0. The number of carbonyl (C=O) groups excluding carboxylic acids is 4. The number of nitrogens with zero attached hydrogens (tertiary/aromatic N) is 5. The lowest BCUT2D eigenvalue weighted by Gasteiger charge is -2.16. The molecule has 4 aromatic heterocycles. The number of methoxy groups -OCH3 is 1. The number of hydrogen-bond acceptors (Lipinski definition) is 5. The zero-order chi connectivity index (χ0) is 45.7. The molecule has 6 aliphatic rings. The van der Waals surface area contributed by atoms with Gasteiger partial charge in [-0.3, -0.25) is 19.2 Å². The van der Waals surface area contributed by atoms with Crippen molar-refractivity contribution in [1.82, 2.24) is 28.5 Å². The van der Waals surface area contributed by atoms with Crippen molar-refractivity contribution in [3.63, 3.8) is 0 Å². The molecule has 0 saturated heterocycles. The van der Waals surface area contributed by atoms with Gasteiger partial charge in [-0.05, 0) is 65.9 Å². The molecule has 11 aromatic rings. The number of aromatic nitrogens is 4. The molecule has 0 spiro atoms. The second kappa shape index (κ2) is 13.1. The van der Waals surface area contributed by atoms with Crippen LogP contribution < -0.4 is 10.1 Å². The van der Waals surface area contributed by atoms with Crippen LogP contribution in [-0.4, -0.2) is 53.7 Å². The fourth-order valence-corrected chi connectivity index (χ4v) is 14.2. The summed E-state index contributed by atoms with van der Waals surface area (Å²) in [6, 6.07) is 41.4. The van der Waals surface area contributed by atoms with Crippen LogP contribution in [0.4, 0.5) is 0 Å². The number of para-hydroxylation sites is 4. The molecule has 11 heteroatoms. The Balaban J connectivity index is 0.000000124. The third-order valence-electron chi connectivity index (χ3n) is 16.8. The fraction of sp³-hybridized carbons (Fsp3) is 0.207. The van der Waals surface area contributed by atoms with Crippen LogP contribution in [0.5, 0.6) is 5.75 Å². The Morgan fingerprint density at radius 1 is 0.522 bits per heavy atom. The zero-order valence-electron chi connectivity index (χ0n) is 37.6. The summed E-state index contributed by atoms with van der Waals surface area (Å²) in [5.74, 6) is 1.43. The first kappa shape index (κ1) is 37.9. The largest absolute Gasteiger partial charge is 0.497 e. The summed E-state index contributed by atoms with van der Waals surface area (Å²) in [4.78, 5) is 56.0. The summed E-state index contributed by atoms with van der Waals surface area (Å²) < 4.78 is 14.7. The fourth-order valence-electron chi connectivity index (χ4n) is 14.2. The molecule has 0 radical (unpaired) electrons. The van der Waals surface area contributed by atoms with Gasteiger partial charge in [0.25, 0.3) is 11.8 Å². The molecular formula is C58H42N6O5. The predicted molar refractivity (Wildman–Crippen MR) is 267 cm³/mol. The van der Waals surface area contributed by atoms with Gasteiger partial charge in [0.2, 0.25) is 0 Å². The predicted octanol–water partition coefficient (Wildman–Crippen LogP) is 11.1. The molecule has 2 aliphatic carbocycles. The lowest BCUT2D eigenvalue weighted by molar-refractivity contribution is -0.120. The van der Waals surface area contributed by atoms with Crippen molar-refractivity contribution in [2.24, 2.45) is 0 Å². The molecular weight excluding hydrogens is 861 g/mol. The van der Waals surface area contributed by atoms with Gasteiger partial charge in [-0.25, -0.2) is 0 Å². The first-order valence-electron chi connectivity index (χ1n) is 24.1. The highest BCUT2D eigenvalue weighted by atomic mass is 16.5. The summed E-state index contributed by atoms with van der Waals surface area (Å²) in [6.07, 6.45) is 2.72. The van der Waals surface area contributed by atoms with Crippen molar-refractivity contribution < 1.29 is 23.9 Å². The first-order valence-corrected chi connectivity index (χ1v) is 24.1. The summed E-state index contributed by atoms with van der Waals surface area (Å²) >= 11 is 0. The Hall–Kier alpha value is -8.18. The molecule has 11 nitrogen and oxygen atoms in total. The molecule has 69 heavy (non-hydrogen) atoms. The van der Waals surface area contributed by atoms with Crippen molar-refractivity contribution in [2.75, 3.05) is 7.11 Å². The Bertz CT molecular complexity index is 4260. The van der Waals surface area contributed by atoms with E-state index in [0.717, 1.165) is 95.5 Å². The van der Waals surface area contributed by atoms with Crippen LogP contribution in [0.25, 0.3) is 87.2 Å². The smallest absolute Gasteiger partial charge is 0.255 e. The van der Waals surface area contributed by atoms with E-state index in [2.05, 4.69) is 96.4 Å². The number of ether oxygens (including phenoxy) is 1. The maximum absolute atomic E-state index is 14.3. The van der Waals surface area contributed by atoms with Crippen LogP contribution >= 0.6 is 0 Å². The zero-order valence-corrected chi connectivity index (χ0v) is 37.6. The van der Waals surface area contributed by atoms with E-state index in [-0.39, 0.29) is 41.8 Å². The average molecular weight is 903 g/mol. The number of fused-ring (bicyclic) bond motifs is 26. The van der Waals surface area contributed by atoms with Gasteiger partial charge in [0, 0.05) is 110 Å². The molecule has 0 unspecified atom stereocenters. The normalized spacial score (nSPS) is 20.7. The van der Waals surface area contributed by atoms with E-state index in [9.17, 15) is 19.2 Å². The molecule has 2 fully saturated rings. The number of rotatable bonds is 3. The van der Waals surface area contributed by atoms with E-state index in [1.165, 1.54) is 38.1 Å². The number of nitrogens with one attached hydrogen (secondary N) is 1. The van der Waals surface area contributed by atoms with Gasteiger partial charge >= 0.3 is 0 Å². The van der Waals surface area contributed by atoms with Gasteiger partial charge in [-0.15, -0.1) is 0 Å². The maximum Gasteiger partial charge on any atom is 0.255 e. The molecule has 334 valence electrons. The van der Waals surface area contributed by atoms with Crippen LogP contribution in [0.3, 0.4) is 0 Å². The number of carbonyl (C=O) groups is 4.